The molecule has 4 nitrogen and oxygen atoms in total. The van der Waals surface area contributed by atoms with Crippen LogP contribution in [0.3, 0.4) is 0 Å². The SMILES string of the molecule is O=C(N1CCC2(CCNC2)CC1)C(O)(c1ccccc1)C1CCC(F)(F)C1. The van der Waals surface area contributed by atoms with Gasteiger partial charge < -0.3 is 15.3 Å². The lowest BCUT2D eigenvalue weighted by molar-refractivity contribution is -0.162. The van der Waals surface area contributed by atoms with E-state index in [-0.39, 0.29) is 18.3 Å². The molecule has 27 heavy (non-hydrogen) atoms. The van der Waals surface area contributed by atoms with Crippen molar-refractivity contribution in [3.8, 4) is 0 Å². The van der Waals surface area contributed by atoms with Gasteiger partial charge in [0.2, 0.25) is 5.92 Å². The molecule has 0 radical (unpaired) electrons. The van der Waals surface area contributed by atoms with Crippen LogP contribution in [0.1, 0.15) is 44.1 Å². The number of hydrogen-bond donors (Lipinski definition) is 2. The lowest BCUT2D eigenvalue weighted by Crippen LogP contribution is -2.54. The lowest BCUT2D eigenvalue weighted by atomic mass is 9.75. The minimum Gasteiger partial charge on any atom is -0.375 e. The first kappa shape index (κ1) is 18.8. The molecule has 0 bridgehead atoms. The van der Waals surface area contributed by atoms with Crippen LogP contribution in [-0.2, 0) is 10.4 Å². The Labute approximate surface area is 158 Å². The number of carbonyl (C=O) groups is 1. The normalized spacial score (nSPS) is 29.0. The van der Waals surface area contributed by atoms with Gasteiger partial charge in [-0.25, -0.2) is 8.78 Å². The molecule has 1 aliphatic carbocycles. The minimum absolute atomic E-state index is 0.159. The van der Waals surface area contributed by atoms with Gasteiger partial charge in [-0.15, -0.1) is 0 Å². The van der Waals surface area contributed by atoms with Crippen molar-refractivity contribution in [2.24, 2.45) is 11.3 Å². The van der Waals surface area contributed by atoms with E-state index in [9.17, 15) is 18.7 Å². The van der Waals surface area contributed by atoms with E-state index >= 15 is 0 Å². The second kappa shape index (κ2) is 6.82. The fourth-order valence-electron chi connectivity index (χ4n) is 5.18. The maximum atomic E-state index is 13.9. The van der Waals surface area contributed by atoms with Crippen molar-refractivity contribution in [1.29, 1.82) is 0 Å². The third kappa shape index (κ3) is 3.38. The van der Waals surface area contributed by atoms with Crippen molar-refractivity contribution in [3.63, 3.8) is 0 Å². The quantitative estimate of drug-likeness (QED) is 0.850. The van der Waals surface area contributed by atoms with Gasteiger partial charge in [0.05, 0.1) is 0 Å². The summed E-state index contributed by atoms with van der Waals surface area (Å²) in [7, 11) is 0. The number of alkyl halides is 2. The monoisotopic (exact) mass is 378 g/mol. The Kier molecular flexibility index (Phi) is 4.75. The minimum atomic E-state index is -2.81. The van der Waals surface area contributed by atoms with Crippen LogP contribution in [0.15, 0.2) is 30.3 Å². The predicted octanol–water partition coefficient (Wildman–Crippen LogP) is 2.91. The van der Waals surface area contributed by atoms with Gasteiger partial charge in [-0.2, -0.15) is 0 Å². The highest BCUT2D eigenvalue weighted by molar-refractivity contribution is 5.87. The van der Waals surface area contributed by atoms with Crippen LogP contribution in [-0.4, -0.2) is 48.0 Å². The van der Waals surface area contributed by atoms with E-state index < -0.39 is 29.8 Å². The van der Waals surface area contributed by atoms with Crippen molar-refractivity contribution < 1.29 is 18.7 Å². The Hall–Kier alpha value is -1.53. The summed E-state index contributed by atoms with van der Waals surface area (Å²) in [5.41, 5.74) is -1.19. The first-order valence-corrected chi connectivity index (χ1v) is 10.0. The van der Waals surface area contributed by atoms with E-state index in [0.717, 1.165) is 32.4 Å². The Morgan fingerprint density at radius 3 is 2.41 bits per heavy atom. The number of halogens is 2. The van der Waals surface area contributed by atoms with Gasteiger partial charge in [0, 0.05) is 38.4 Å². The van der Waals surface area contributed by atoms with Gasteiger partial charge in [0.15, 0.2) is 5.60 Å². The van der Waals surface area contributed by atoms with Gasteiger partial charge >= 0.3 is 0 Å². The molecule has 0 aromatic heterocycles. The average molecular weight is 378 g/mol. The molecular weight excluding hydrogens is 350 g/mol. The predicted molar refractivity (Wildman–Crippen MR) is 98.4 cm³/mol. The first-order valence-electron chi connectivity index (χ1n) is 10.0. The van der Waals surface area contributed by atoms with Crippen LogP contribution < -0.4 is 5.32 Å². The number of nitrogens with zero attached hydrogens (tertiary/aromatic N) is 1. The summed E-state index contributed by atoms with van der Waals surface area (Å²) < 4.78 is 27.8. The Morgan fingerprint density at radius 1 is 1.15 bits per heavy atom. The second-order valence-electron chi connectivity index (χ2n) is 8.65. The van der Waals surface area contributed by atoms with Crippen molar-refractivity contribution in [2.45, 2.75) is 50.0 Å². The topological polar surface area (TPSA) is 52.6 Å². The van der Waals surface area contributed by atoms with Crippen molar-refractivity contribution in [1.82, 2.24) is 10.2 Å². The molecule has 1 aromatic carbocycles. The second-order valence-corrected chi connectivity index (χ2v) is 8.65. The van der Waals surface area contributed by atoms with E-state index in [0.29, 0.717) is 18.7 Å². The van der Waals surface area contributed by atoms with Crippen LogP contribution in [0.25, 0.3) is 0 Å². The van der Waals surface area contributed by atoms with Gasteiger partial charge in [-0.05, 0) is 43.2 Å². The fraction of sp³-hybridized carbons (Fsp3) is 0.667. The molecule has 6 heteroatoms. The molecule has 2 N–H and O–H groups in total. The van der Waals surface area contributed by atoms with Crippen molar-refractivity contribution in [3.05, 3.63) is 35.9 Å². The molecule has 2 unspecified atom stereocenters. The summed E-state index contributed by atoms with van der Waals surface area (Å²) in [4.78, 5) is 15.1. The maximum Gasteiger partial charge on any atom is 0.259 e. The van der Waals surface area contributed by atoms with Crippen LogP contribution in [0.5, 0.6) is 0 Å². The molecule has 2 aliphatic heterocycles. The van der Waals surface area contributed by atoms with E-state index in [4.69, 9.17) is 0 Å². The number of carbonyl (C=O) groups excluding carboxylic acids is 1. The number of rotatable bonds is 3. The van der Waals surface area contributed by atoms with Crippen molar-refractivity contribution >= 4 is 5.91 Å². The number of amides is 1. The molecular formula is C21H28F2N2O2. The highest BCUT2D eigenvalue weighted by Gasteiger charge is 2.55. The highest BCUT2D eigenvalue weighted by atomic mass is 19.3. The summed E-state index contributed by atoms with van der Waals surface area (Å²) in [5.74, 6) is -3.97. The number of piperidine rings is 1. The molecule has 2 atom stereocenters. The summed E-state index contributed by atoms with van der Waals surface area (Å²) in [6.45, 7) is 3.16. The molecule has 1 aromatic rings. The molecule has 1 amide bonds. The Bertz CT molecular complexity index is 681. The molecule has 4 rings (SSSR count). The zero-order chi connectivity index (χ0) is 19.1. The Morgan fingerprint density at radius 2 is 1.85 bits per heavy atom. The molecule has 148 valence electrons. The summed E-state index contributed by atoms with van der Waals surface area (Å²) in [6, 6.07) is 8.66. The summed E-state index contributed by atoms with van der Waals surface area (Å²) in [5, 5.41) is 15.0. The molecule has 3 aliphatic rings. The fourth-order valence-corrected chi connectivity index (χ4v) is 5.18. The largest absolute Gasteiger partial charge is 0.375 e. The standard InChI is InChI=1S/C21H28F2N2O2/c22-20(23)7-6-17(14-20)21(27,16-4-2-1-3-5-16)18(26)25-12-9-19(10-13-25)8-11-24-15-19/h1-5,17,24,27H,6-15H2. The van der Waals surface area contributed by atoms with Crippen LogP contribution in [0.4, 0.5) is 8.78 Å². The molecule has 2 saturated heterocycles. The first-order chi connectivity index (χ1) is 12.8. The maximum absolute atomic E-state index is 13.9. The van der Waals surface area contributed by atoms with Crippen LogP contribution >= 0.6 is 0 Å². The molecule has 3 fully saturated rings. The summed E-state index contributed by atoms with van der Waals surface area (Å²) >= 11 is 0. The zero-order valence-electron chi connectivity index (χ0n) is 15.6. The lowest BCUT2D eigenvalue weighted by Gasteiger charge is -2.43. The number of benzene rings is 1. The summed E-state index contributed by atoms with van der Waals surface area (Å²) in [6.07, 6.45) is 2.37. The zero-order valence-corrected chi connectivity index (χ0v) is 15.6. The third-order valence-electron chi connectivity index (χ3n) is 6.98. The smallest absolute Gasteiger partial charge is 0.259 e. The molecule has 2 heterocycles. The van der Waals surface area contributed by atoms with Gasteiger partial charge in [0.1, 0.15) is 0 Å². The number of likely N-dealkylation sites (tertiary alicyclic amines) is 1. The van der Waals surface area contributed by atoms with E-state index in [1.54, 1.807) is 35.2 Å². The number of nitrogens with one attached hydrogen (secondary N) is 1. The van der Waals surface area contributed by atoms with Crippen molar-refractivity contribution in [2.75, 3.05) is 26.2 Å². The third-order valence-corrected chi connectivity index (χ3v) is 6.98. The van der Waals surface area contributed by atoms with Crippen LogP contribution in [0, 0.1) is 11.3 Å². The average Bonchev–Trinajstić information content (AvgIpc) is 3.28. The van der Waals surface area contributed by atoms with E-state index in [1.807, 2.05) is 0 Å². The van der Waals surface area contributed by atoms with Gasteiger partial charge in [-0.1, -0.05) is 30.3 Å². The van der Waals surface area contributed by atoms with Gasteiger partial charge in [-0.3, -0.25) is 4.79 Å². The highest BCUT2D eigenvalue weighted by Crippen LogP contribution is 2.48. The number of hydrogen-bond acceptors (Lipinski definition) is 3. The van der Waals surface area contributed by atoms with Crippen LogP contribution in [0.2, 0.25) is 0 Å². The molecule has 1 saturated carbocycles. The van der Waals surface area contributed by atoms with Gasteiger partial charge in [0.25, 0.3) is 5.91 Å². The van der Waals surface area contributed by atoms with E-state index in [1.165, 1.54) is 0 Å². The molecule has 1 spiro atoms. The Balaban J connectivity index is 1.58. The van der Waals surface area contributed by atoms with E-state index in [2.05, 4.69) is 5.32 Å². The number of aliphatic hydroxyl groups is 1.